The lowest BCUT2D eigenvalue weighted by Gasteiger charge is -2.20. The summed E-state index contributed by atoms with van der Waals surface area (Å²) in [6.07, 6.45) is 66.0. The topological polar surface area (TPSA) is 132 Å². The van der Waals surface area contributed by atoms with Crippen LogP contribution in [-0.4, -0.2) is 66.3 Å². The number of phosphoric ester groups is 1. The SMILES string of the molecule is CC/C=C\C/C=C\C/C=C\C/C=C\C/C=C\C/C=C\CCCOCC(COP(=O)(O)OCC(O)CO)OC(=O)CCCCCCCCCCCC/C=C\C/C=C\C/C=C\C/C=C\CC. The predicted octanol–water partition coefficient (Wildman–Crippen LogP) is 14.4. The van der Waals surface area contributed by atoms with Gasteiger partial charge in [0, 0.05) is 13.0 Å². The molecule has 0 fully saturated rings. The summed E-state index contributed by atoms with van der Waals surface area (Å²) < 4.78 is 33.4. The second-order valence-corrected chi connectivity index (χ2v) is 17.2. The highest BCUT2D eigenvalue weighted by atomic mass is 31.2. The summed E-state index contributed by atoms with van der Waals surface area (Å²) >= 11 is 0. The molecule has 3 N–H and O–H groups in total. The Hall–Kier alpha value is -3.14. The number of esters is 1. The predicted molar refractivity (Wildman–Crippen MR) is 269 cm³/mol. The maximum Gasteiger partial charge on any atom is 0.472 e. The molecule has 0 rings (SSSR count). The van der Waals surface area contributed by atoms with E-state index in [1.54, 1.807) is 0 Å². The molecule has 3 unspecified atom stereocenters. The summed E-state index contributed by atoms with van der Waals surface area (Å²) in [7, 11) is -4.55. The van der Waals surface area contributed by atoms with Crippen LogP contribution in [0.1, 0.15) is 168 Å². The smallest absolute Gasteiger partial charge is 0.457 e. The summed E-state index contributed by atoms with van der Waals surface area (Å²) in [6, 6.07) is 0. The molecule has 0 aliphatic rings. The molecule has 0 aromatic rings. The molecule has 3 atom stereocenters. The minimum Gasteiger partial charge on any atom is -0.457 e. The van der Waals surface area contributed by atoms with Gasteiger partial charge in [-0.05, 0) is 96.3 Å². The molecule has 0 bridgehead atoms. The number of phosphoric acid groups is 1. The molecule has 0 aliphatic carbocycles. The lowest BCUT2D eigenvalue weighted by Crippen LogP contribution is -2.29. The van der Waals surface area contributed by atoms with Crippen molar-refractivity contribution in [1.82, 2.24) is 0 Å². The van der Waals surface area contributed by atoms with Crippen LogP contribution in [0.25, 0.3) is 0 Å². The van der Waals surface area contributed by atoms with E-state index in [0.29, 0.717) is 13.0 Å². The molecule has 0 spiro atoms. The summed E-state index contributed by atoms with van der Waals surface area (Å²) in [4.78, 5) is 22.7. The minimum absolute atomic E-state index is 0.000805. The number of hydrogen-bond donors (Lipinski definition) is 3. The Kier molecular flexibility index (Phi) is 46.9. The fourth-order valence-electron chi connectivity index (χ4n) is 6.01. The molecule has 0 saturated carbocycles. The molecule has 0 saturated heterocycles. The number of aliphatic hydroxyl groups excluding tert-OH is 2. The van der Waals surface area contributed by atoms with Gasteiger partial charge < -0.3 is 24.6 Å². The molecule has 0 amide bonds. The largest absolute Gasteiger partial charge is 0.472 e. The highest BCUT2D eigenvalue weighted by molar-refractivity contribution is 7.47. The molecule has 0 aromatic heterocycles. The van der Waals surface area contributed by atoms with E-state index >= 15 is 0 Å². The zero-order valence-corrected chi connectivity index (χ0v) is 40.8. The van der Waals surface area contributed by atoms with Gasteiger partial charge in [-0.3, -0.25) is 13.8 Å². The van der Waals surface area contributed by atoms with E-state index < -0.39 is 45.8 Å². The second-order valence-electron chi connectivity index (χ2n) is 15.7. The van der Waals surface area contributed by atoms with E-state index in [-0.39, 0.29) is 13.0 Å². The molecule has 9 nitrogen and oxygen atoms in total. The van der Waals surface area contributed by atoms with Crippen LogP contribution in [0.15, 0.2) is 122 Å². The number of carbonyl (C=O) groups excluding carboxylic acids is 1. The van der Waals surface area contributed by atoms with Gasteiger partial charge in [-0.25, -0.2) is 4.57 Å². The molecule has 364 valence electrons. The average molecular weight is 913 g/mol. The molecule has 10 heteroatoms. The number of allylic oxidation sites excluding steroid dienone is 20. The zero-order valence-electron chi connectivity index (χ0n) is 39.9. The standard InChI is InChI=1S/C54H89O9P/c1-3-5-7-9-11-13-15-17-19-21-23-25-26-27-28-30-32-34-36-38-40-42-44-46-54(57)63-53(51-62-64(58,59)61-49-52(56)48-55)50-60-47-45-43-41-39-37-35-33-31-29-24-22-20-18-16-14-12-10-8-6-4-2/h5-8,11-14,17-20,23-25,29,33,35,39,41,52-53,55-56H,3-4,9-10,15-16,21-22,26-28,30-32,34,36-38,40,42-51H2,1-2H3,(H,58,59)/b7-5-,8-6-,13-11-,14-12-,19-17-,20-18-,25-23-,29-24-,35-33-,41-39-. The number of ether oxygens (including phenoxy) is 2. The lowest BCUT2D eigenvalue weighted by molar-refractivity contribution is -0.154. The van der Waals surface area contributed by atoms with E-state index in [4.69, 9.17) is 23.6 Å². The van der Waals surface area contributed by atoms with Crippen molar-refractivity contribution < 1.29 is 43.0 Å². The van der Waals surface area contributed by atoms with E-state index in [0.717, 1.165) is 103 Å². The zero-order chi connectivity index (χ0) is 46.7. The third-order valence-electron chi connectivity index (χ3n) is 9.64. The number of hydrogen-bond acceptors (Lipinski definition) is 8. The van der Waals surface area contributed by atoms with E-state index in [1.807, 2.05) is 0 Å². The number of unbranched alkanes of at least 4 members (excludes halogenated alkanes) is 11. The van der Waals surface area contributed by atoms with E-state index in [9.17, 15) is 19.4 Å². The maximum atomic E-state index is 12.7. The van der Waals surface area contributed by atoms with Crippen molar-refractivity contribution in [3.8, 4) is 0 Å². The Morgan fingerprint density at radius 1 is 0.484 bits per heavy atom. The van der Waals surface area contributed by atoms with Crippen molar-refractivity contribution >= 4 is 13.8 Å². The molecule has 64 heavy (non-hydrogen) atoms. The van der Waals surface area contributed by atoms with Gasteiger partial charge in [0.15, 0.2) is 0 Å². The lowest BCUT2D eigenvalue weighted by atomic mass is 10.0. The summed E-state index contributed by atoms with van der Waals surface area (Å²) in [5.41, 5.74) is 0. The van der Waals surface area contributed by atoms with Gasteiger partial charge in [-0.1, -0.05) is 187 Å². The first-order valence-electron chi connectivity index (χ1n) is 24.5. The van der Waals surface area contributed by atoms with Crippen LogP contribution in [0.2, 0.25) is 0 Å². The third-order valence-corrected chi connectivity index (χ3v) is 10.6. The van der Waals surface area contributed by atoms with Gasteiger partial charge >= 0.3 is 13.8 Å². The maximum absolute atomic E-state index is 12.7. The minimum atomic E-state index is -4.55. The summed E-state index contributed by atoms with van der Waals surface area (Å²) in [6.45, 7) is 3.10. The first-order chi connectivity index (χ1) is 31.3. The number of carbonyl (C=O) groups is 1. The van der Waals surface area contributed by atoms with Crippen LogP contribution in [0.3, 0.4) is 0 Å². The Labute approximate surface area is 390 Å². The molecular formula is C54H89O9P. The van der Waals surface area contributed by atoms with E-state index in [1.165, 1.54) is 38.5 Å². The number of aliphatic hydroxyl groups is 2. The van der Waals surface area contributed by atoms with Gasteiger partial charge in [0.05, 0.1) is 26.4 Å². The Bertz CT molecular complexity index is 1400. The van der Waals surface area contributed by atoms with Crippen LogP contribution in [-0.2, 0) is 27.9 Å². The summed E-state index contributed by atoms with van der Waals surface area (Å²) in [5.74, 6) is -0.412. The second kappa shape index (κ2) is 49.3. The molecule has 0 heterocycles. The molecule has 0 radical (unpaired) electrons. The van der Waals surface area contributed by atoms with Crippen LogP contribution in [0.4, 0.5) is 0 Å². The molecular weight excluding hydrogens is 824 g/mol. The van der Waals surface area contributed by atoms with E-state index in [2.05, 4.69) is 135 Å². The number of rotatable bonds is 45. The van der Waals surface area contributed by atoms with Gasteiger partial charge in [-0.15, -0.1) is 0 Å². The highest BCUT2D eigenvalue weighted by Gasteiger charge is 2.26. The van der Waals surface area contributed by atoms with Gasteiger partial charge in [0.25, 0.3) is 0 Å². The fraction of sp³-hybridized carbons (Fsp3) is 0.611. The Morgan fingerprint density at radius 3 is 1.27 bits per heavy atom. The van der Waals surface area contributed by atoms with Crippen molar-refractivity contribution in [2.45, 2.75) is 180 Å². The van der Waals surface area contributed by atoms with Crippen LogP contribution in [0, 0.1) is 0 Å². The van der Waals surface area contributed by atoms with Crippen LogP contribution in [0.5, 0.6) is 0 Å². The van der Waals surface area contributed by atoms with Crippen LogP contribution < -0.4 is 0 Å². The van der Waals surface area contributed by atoms with Crippen molar-refractivity contribution in [1.29, 1.82) is 0 Å². The summed E-state index contributed by atoms with van der Waals surface area (Å²) in [5, 5.41) is 18.4. The van der Waals surface area contributed by atoms with Crippen molar-refractivity contribution in [3.05, 3.63) is 122 Å². The Balaban J connectivity index is 4.23. The van der Waals surface area contributed by atoms with Crippen molar-refractivity contribution in [3.63, 3.8) is 0 Å². The normalized spacial score (nSPS) is 14.9. The monoisotopic (exact) mass is 913 g/mol. The quantitative estimate of drug-likeness (QED) is 0.0236. The molecule has 0 aromatic carbocycles. The fourth-order valence-corrected chi connectivity index (χ4v) is 6.80. The van der Waals surface area contributed by atoms with Gasteiger partial charge in [0.2, 0.25) is 0 Å². The average Bonchev–Trinajstić information content (AvgIpc) is 3.29. The van der Waals surface area contributed by atoms with Gasteiger partial charge in [0.1, 0.15) is 12.2 Å². The first-order valence-corrected chi connectivity index (χ1v) is 26.0. The van der Waals surface area contributed by atoms with Crippen LogP contribution >= 0.6 is 7.82 Å². The van der Waals surface area contributed by atoms with Crippen molar-refractivity contribution in [2.24, 2.45) is 0 Å². The third kappa shape index (κ3) is 48.3. The van der Waals surface area contributed by atoms with Crippen molar-refractivity contribution in [2.75, 3.05) is 33.0 Å². The van der Waals surface area contributed by atoms with Gasteiger partial charge in [-0.2, -0.15) is 0 Å². The first kappa shape index (κ1) is 60.9. The Morgan fingerprint density at radius 2 is 0.844 bits per heavy atom. The highest BCUT2D eigenvalue weighted by Crippen LogP contribution is 2.43. The molecule has 0 aliphatic heterocycles.